The molecule has 0 unspecified atom stereocenters. The van der Waals surface area contributed by atoms with Gasteiger partial charge in [-0.2, -0.15) is 0 Å². The van der Waals surface area contributed by atoms with Crippen LogP contribution in [0.1, 0.15) is 54.3 Å². The Morgan fingerprint density at radius 1 is 1.50 bits per heavy atom. The minimum Gasteiger partial charge on any atom is -0.475 e. The number of amides is 1. The molecule has 1 aliphatic carbocycles. The molecule has 1 aliphatic rings. The molecule has 1 saturated carbocycles. The number of ether oxygens (including phenoxy) is 1. The average Bonchev–Trinajstić information content (AvgIpc) is 3.21. The SMILES string of the molecule is CC(C)Oc1cc(CNC(=O)c2cnoc2C2CC2)ccn1. The van der Waals surface area contributed by atoms with Crippen molar-refractivity contribution in [1.82, 2.24) is 15.5 Å². The molecule has 0 spiro atoms. The van der Waals surface area contributed by atoms with Gasteiger partial charge in [-0.15, -0.1) is 0 Å². The van der Waals surface area contributed by atoms with Crippen LogP contribution < -0.4 is 10.1 Å². The van der Waals surface area contributed by atoms with Crippen LogP contribution >= 0.6 is 0 Å². The van der Waals surface area contributed by atoms with E-state index in [0.717, 1.165) is 18.4 Å². The van der Waals surface area contributed by atoms with Crippen molar-refractivity contribution in [2.75, 3.05) is 0 Å². The first-order chi connectivity index (χ1) is 10.6. The van der Waals surface area contributed by atoms with E-state index in [4.69, 9.17) is 9.26 Å². The van der Waals surface area contributed by atoms with Crippen LogP contribution in [0.3, 0.4) is 0 Å². The van der Waals surface area contributed by atoms with Crippen molar-refractivity contribution in [2.45, 2.75) is 45.3 Å². The molecule has 2 aromatic rings. The van der Waals surface area contributed by atoms with Crippen molar-refractivity contribution in [3.8, 4) is 5.88 Å². The molecule has 0 atom stereocenters. The largest absolute Gasteiger partial charge is 0.475 e. The summed E-state index contributed by atoms with van der Waals surface area (Å²) in [6, 6.07) is 3.68. The van der Waals surface area contributed by atoms with Crippen molar-refractivity contribution in [1.29, 1.82) is 0 Å². The molecule has 1 fully saturated rings. The summed E-state index contributed by atoms with van der Waals surface area (Å²) in [6.07, 6.45) is 5.36. The van der Waals surface area contributed by atoms with Gasteiger partial charge in [0.25, 0.3) is 5.91 Å². The first-order valence-corrected chi connectivity index (χ1v) is 7.48. The zero-order valence-corrected chi connectivity index (χ0v) is 12.7. The summed E-state index contributed by atoms with van der Waals surface area (Å²) in [4.78, 5) is 16.4. The highest BCUT2D eigenvalue weighted by molar-refractivity contribution is 5.95. The van der Waals surface area contributed by atoms with Crippen molar-refractivity contribution in [3.63, 3.8) is 0 Å². The van der Waals surface area contributed by atoms with Gasteiger partial charge in [0, 0.05) is 24.7 Å². The van der Waals surface area contributed by atoms with Gasteiger partial charge in [0.1, 0.15) is 5.56 Å². The molecule has 0 aromatic carbocycles. The number of nitrogens with zero attached hydrogens (tertiary/aromatic N) is 2. The van der Waals surface area contributed by atoms with E-state index in [9.17, 15) is 4.79 Å². The van der Waals surface area contributed by atoms with Gasteiger partial charge >= 0.3 is 0 Å². The van der Waals surface area contributed by atoms with Crippen molar-refractivity contribution in [3.05, 3.63) is 41.4 Å². The lowest BCUT2D eigenvalue weighted by atomic mass is 10.2. The predicted molar refractivity (Wildman–Crippen MR) is 79.6 cm³/mol. The third-order valence-corrected chi connectivity index (χ3v) is 3.40. The molecular weight excluding hydrogens is 282 g/mol. The standard InChI is InChI=1S/C16H19N3O3/c1-10(2)21-14-7-11(5-6-17-14)8-18-16(20)13-9-19-22-15(13)12-3-4-12/h5-7,9-10,12H,3-4,8H2,1-2H3,(H,18,20). The minimum absolute atomic E-state index is 0.0652. The first-order valence-electron chi connectivity index (χ1n) is 7.48. The molecule has 0 bridgehead atoms. The number of hydrogen-bond acceptors (Lipinski definition) is 5. The Balaban J connectivity index is 1.62. The molecule has 1 N–H and O–H groups in total. The van der Waals surface area contributed by atoms with E-state index in [1.807, 2.05) is 26.0 Å². The number of carbonyl (C=O) groups is 1. The Kier molecular flexibility index (Phi) is 4.09. The molecule has 3 rings (SSSR count). The molecular formula is C16H19N3O3. The Hall–Kier alpha value is -2.37. The van der Waals surface area contributed by atoms with Crippen LogP contribution in [0.2, 0.25) is 0 Å². The normalized spacial score (nSPS) is 14.1. The fourth-order valence-electron chi connectivity index (χ4n) is 2.20. The van der Waals surface area contributed by atoms with Crippen LogP contribution in [-0.4, -0.2) is 22.2 Å². The van der Waals surface area contributed by atoms with Gasteiger partial charge in [-0.25, -0.2) is 4.98 Å². The lowest BCUT2D eigenvalue weighted by Gasteiger charge is -2.10. The van der Waals surface area contributed by atoms with Crippen LogP contribution in [-0.2, 0) is 6.54 Å². The Morgan fingerprint density at radius 2 is 2.32 bits per heavy atom. The highest BCUT2D eigenvalue weighted by Gasteiger charge is 2.32. The topological polar surface area (TPSA) is 77.2 Å². The molecule has 6 nitrogen and oxygen atoms in total. The monoisotopic (exact) mass is 301 g/mol. The maximum absolute atomic E-state index is 12.2. The van der Waals surface area contributed by atoms with Crippen molar-refractivity contribution < 1.29 is 14.1 Å². The van der Waals surface area contributed by atoms with Gasteiger partial charge < -0.3 is 14.6 Å². The molecule has 22 heavy (non-hydrogen) atoms. The van der Waals surface area contributed by atoms with Gasteiger partial charge in [-0.05, 0) is 38.3 Å². The zero-order chi connectivity index (χ0) is 15.5. The summed E-state index contributed by atoms with van der Waals surface area (Å²) in [7, 11) is 0. The van der Waals surface area contributed by atoms with E-state index in [1.54, 1.807) is 6.20 Å². The van der Waals surface area contributed by atoms with E-state index in [0.29, 0.717) is 29.7 Å². The molecule has 116 valence electrons. The molecule has 2 aromatic heterocycles. The fraction of sp³-hybridized carbons (Fsp3) is 0.438. The predicted octanol–water partition coefficient (Wildman–Crippen LogP) is 2.66. The quantitative estimate of drug-likeness (QED) is 0.887. The lowest BCUT2D eigenvalue weighted by Crippen LogP contribution is -2.23. The smallest absolute Gasteiger partial charge is 0.256 e. The molecule has 0 saturated heterocycles. The third kappa shape index (κ3) is 3.44. The van der Waals surface area contributed by atoms with Crippen molar-refractivity contribution in [2.24, 2.45) is 0 Å². The maximum atomic E-state index is 12.2. The van der Waals surface area contributed by atoms with E-state index in [-0.39, 0.29) is 12.0 Å². The van der Waals surface area contributed by atoms with Gasteiger partial charge in [0.05, 0.1) is 12.3 Å². The Bertz CT molecular complexity index is 662. The maximum Gasteiger partial charge on any atom is 0.256 e. The number of rotatable bonds is 6. The third-order valence-electron chi connectivity index (χ3n) is 3.40. The first kappa shape index (κ1) is 14.6. The van der Waals surface area contributed by atoms with Crippen LogP contribution in [0.5, 0.6) is 5.88 Å². The number of aromatic nitrogens is 2. The van der Waals surface area contributed by atoms with Crippen LogP contribution in [0.4, 0.5) is 0 Å². The van der Waals surface area contributed by atoms with Crippen molar-refractivity contribution >= 4 is 5.91 Å². The minimum atomic E-state index is -0.161. The van der Waals surface area contributed by atoms with Crippen LogP contribution in [0.25, 0.3) is 0 Å². The molecule has 1 amide bonds. The number of pyridine rings is 1. The summed E-state index contributed by atoms with van der Waals surface area (Å²) in [5, 5.41) is 6.62. The highest BCUT2D eigenvalue weighted by atomic mass is 16.5. The Morgan fingerprint density at radius 3 is 3.05 bits per heavy atom. The van der Waals surface area contributed by atoms with Crippen LogP contribution in [0, 0.1) is 0 Å². The summed E-state index contributed by atoms with van der Waals surface area (Å²) < 4.78 is 10.7. The second-order valence-corrected chi connectivity index (χ2v) is 5.73. The highest BCUT2D eigenvalue weighted by Crippen LogP contribution is 2.41. The summed E-state index contributed by atoms with van der Waals surface area (Å²) in [5.41, 5.74) is 1.47. The van der Waals surface area contributed by atoms with E-state index in [2.05, 4.69) is 15.5 Å². The van der Waals surface area contributed by atoms with Gasteiger partial charge in [-0.3, -0.25) is 4.79 Å². The second-order valence-electron chi connectivity index (χ2n) is 5.73. The van der Waals surface area contributed by atoms with Gasteiger partial charge in [0.2, 0.25) is 5.88 Å². The number of nitrogens with one attached hydrogen (secondary N) is 1. The molecule has 2 heterocycles. The molecule has 0 radical (unpaired) electrons. The van der Waals surface area contributed by atoms with E-state index < -0.39 is 0 Å². The van der Waals surface area contributed by atoms with E-state index >= 15 is 0 Å². The molecule has 0 aliphatic heterocycles. The lowest BCUT2D eigenvalue weighted by molar-refractivity contribution is 0.0948. The fourth-order valence-corrected chi connectivity index (χ4v) is 2.20. The number of carbonyl (C=O) groups excluding carboxylic acids is 1. The van der Waals surface area contributed by atoms with E-state index in [1.165, 1.54) is 6.20 Å². The van der Waals surface area contributed by atoms with Gasteiger partial charge in [-0.1, -0.05) is 5.16 Å². The van der Waals surface area contributed by atoms with Crippen LogP contribution in [0.15, 0.2) is 29.0 Å². The average molecular weight is 301 g/mol. The number of hydrogen-bond donors (Lipinski definition) is 1. The summed E-state index contributed by atoms with van der Waals surface area (Å²) in [6.45, 7) is 4.30. The summed E-state index contributed by atoms with van der Waals surface area (Å²) in [5.74, 6) is 1.46. The Labute approximate surface area is 128 Å². The zero-order valence-electron chi connectivity index (χ0n) is 12.7. The molecule has 6 heteroatoms. The second kappa shape index (κ2) is 6.17. The van der Waals surface area contributed by atoms with Gasteiger partial charge in [0.15, 0.2) is 5.76 Å². The summed E-state index contributed by atoms with van der Waals surface area (Å²) >= 11 is 0.